The summed E-state index contributed by atoms with van der Waals surface area (Å²) in [6.45, 7) is 1.73. The van der Waals surface area contributed by atoms with Crippen LogP contribution in [0.3, 0.4) is 0 Å². The number of carbonyl (C=O) groups is 1. The Bertz CT molecular complexity index is 1190. The summed E-state index contributed by atoms with van der Waals surface area (Å²) in [6.07, 6.45) is 6.97. The van der Waals surface area contributed by atoms with Crippen molar-refractivity contribution in [3.05, 3.63) is 31.0 Å². The van der Waals surface area contributed by atoms with Crippen molar-refractivity contribution in [2.75, 3.05) is 19.4 Å². The molecule has 3 rings (SSSR count). The highest BCUT2D eigenvalue weighted by atomic mass is 32.2. The van der Waals surface area contributed by atoms with Crippen molar-refractivity contribution in [1.29, 1.82) is 5.26 Å². The summed E-state index contributed by atoms with van der Waals surface area (Å²) in [5, 5.41) is 14.6. The van der Waals surface area contributed by atoms with E-state index in [-0.39, 0.29) is 13.0 Å². The third-order valence-electron chi connectivity index (χ3n) is 4.92. The zero-order chi connectivity index (χ0) is 21.8. The molecule has 1 atom stereocenters. The number of esters is 1. The first kappa shape index (κ1) is 21.4. The molecule has 0 saturated heterocycles. The van der Waals surface area contributed by atoms with Gasteiger partial charge in [-0.25, -0.2) is 23.1 Å². The number of fused-ring (bicyclic) bond motifs is 1. The lowest BCUT2D eigenvalue weighted by molar-refractivity contribution is -0.137. The molecular weight excluding hydrogens is 410 g/mol. The zero-order valence-corrected chi connectivity index (χ0v) is 17.3. The SMILES string of the molecule is CCC(CC#N)(CNS(=O)(=O)CC(=O)OC)n1cc(-c2ncnc3[nH]ccc23)cn1. The maximum Gasteiger partial charge on any atom is 0.322 e. The standard InChI is InChI=1S/C18H21N7O4S/c1-3-18(5-6-19,11-24-30(27,28)10-15(26)29-2)25-9-13(8-23-25)16-14-4-7-20-17(14)22-12-21-16/h4,7-9,12,24H,3,5,10-11H2,1-2H3,(H,20,21,22). The number of ether oxygens (including phenoxy) is 1. The molecule has 0 amide bonds. The van der Waals surface area contributed by atoms with Crippen LogP contribution in [0, 0.1) is 11.3 Å². The highest BCUT2D eigenvalue weighted by Gasteiger charge is 2.33. The van der Waals surface area contributed by atoms with Crippen molar-refractivity contribution in [3.8, 4) is 17.3 Å². The lowest BCUT2D eigenvalue weighted by atomic mass is 9.93. The molecule has 0 bridgehead atoms. The van der Waals surface area contributed by atoms with Crippen LogP contribution in [0.4, 0.5) is 0 Å². The molecule has 0 aliphatic carbocycles. The van der Waals surface area contributed by atoms with Gasteiger partial charge in [-0.05, 0) is 12.5 Å². The van der Waals surface area contributed by atoms with E-state index in [0.717, 1.165) is 12.5 Å². The molecule has 30 heavy (non-hydrogen) atoms. The van der Waals surface area contributed by atoms with Crippen LogP contribution in [0.25, 0.3) is 22.3 Å². The highest BCUT2D eigenvalue weighted by molar-refractivity contribution is 7.90. The van der Waals surface area contributed by atoms with E-state index < -0.39 is 27.3 Å². The van der Waals surface area contributed by atoms with Crippen LogP contribution in [0.1, 0.15) is 19.8 Å². The predicted octanol–water partition coefficient (Wildman–Crippen LogP) is 0.933. The maximum atomic E-state index is 12.2. The van der Waals surface area contributed by atoms with Gasteiger partial charge < -0.3 is 9.72 Å². The van der Waals surface area contributed by atoms with Crippen LogP contribution >= 0.6 is 0 Å². The van der Waals surface area contributed by atoms with Gasteiger partial charge in [-0.2, -0.15) is 10.4 Å². The second-order valence-electron chi connectivity index (χ2n) is 6.70. The van der Waals surface area contributed by atoms with Crippen molar-refractivity contribution in [2.45, 2.75) is 25.3 Å². The van der Waals surface area contributed by atoms with E-state index in [1.807, 2.05) is 13.0 Å². The normalized spacial score (nSPS) is 13.6. The van der Waals surface area contributed by atoms with Crippen LogP contribution in [0.5, 0.6) is 0 Å². The lowest BCUT2D eigenvalue weighted by Crippen LogP contribution is -2.46. The number of H-pyrrole nitrogens is 1. The average Bonchev–Trinajstić information content (AvgIpc) is 3.40. The van der Waals surface area contributed by atoms with E-state index in [1.165, 1.54) is 6.33 Å². The van der Waals surface area contributed by atoms with Crippen molar-refractivity contribution < 1.29 is 17.9 Å². The number of nitrogens with zero attached hydrogens (tertiary/aromatic N) is 5. The molecule has 2 N–H and O–H groups in total. The summed E-state index contributed by atoms with van der Waals surface area (Å²) in [7, 11) is -2.81. The fourth-order valence-electron chi connectivity index (χ4n) is 3.10. The van der Waals surface area contributed by atoms with Gasteiger partial charge in [0, 0.05) is 29.9 Å². The first-order valence-electron chi connectivity index (χ1n) is 9.09. The molecule has 0 aromatic carbocycles. The van der Waals surface area contributed by atoms with E-state index >= 15 is 0 Å². The number of hydrogen-bond acceptors (Lipinski definition) is 8. The molecule has 0 aliphatic heterocycles. The minimum atomic E-state index is -3.93. The molecule has 0 aliphatic rings. The number of carbonyl (C=O) groups excluding carboxylic acids is 1. The molecule has 0 spiro atoms. The topological polar surface area (TPSA) is 156 Å². The van der Waals surface area contributed by atoms with Gasteiger partial charge in [0.25, 0.3) is 0 Å². The van der Waals surface area contributed by atoms with Crippen molar-refractivity contribution in [1.82, 2.24) is 29.5 Å². The average molecular weight is 431 g/mol. The summed E-state index contributed by atoms with van der Waals surface area (Å²) >= 11 is 0. The van der Waals surface area contributed by atoms with Gasteiger partial charge in [-0.1, -0.05) is 6.92 Å². The predicted molar refractivity (Wildman–Crippen MR) is 107 cm³/mol. The lowest BCUT2D eigenvalue weighted by Gasteiger charge is -2.31. The van der Waals surface area contributed by atoms with E-state index in [2.05, 4.69) is 35.6 Å². The number of aromatic nitrogens is 5. The van der Waals surface area contributed by atoms with Crippen LogP contribution in [0.2, 0.25) is 0 Å². The van der Waals surface area contributed by atoms with E-state index in [4.69, 9.17) is 0 Å². The van der Waals surface area contributed by atoms with Crippen LogP contribution in [-0.2, 0) is 25.1 Å². The number of nitrogens with one attached hydrogen (secondary N) is 2. The van der Waals surface area contributed by atoms with Gasteiger partial charge in [0.2, 0.25) is 10.0 Å². The third kappa shape index (κ3) is 4.32. The molecule has 1 unspecified atom stereocenters. The van der Waals surface area contributed by atoms with Gasteiger partial charge in [0.15, 0.2) is 5.75 Å². The Morgan fingerprint density at radius 3 is 2.93 bits per heavy atom. The molecule has 11 nitrogen and oxygen atoms in total. The van der Waals surface area contributed by atoms with Crippen molar-refractivity contribution in [3.63, 3.8) is 0 Å². The first-order chi connectivity index (χ1) is 14.3. The Labute approximate surface area is 173 Å². The Kier molecular flexibility index (Phi) is 6.14. The van der Waals surface area contributed by atoms with Crippen LogP contribution in [0.15, 0.2) is 31.0 Å². The molecule has 3 aromatic rings. The van der Waals surface area contributed by atoms with Gasteiger partial charge >= 0.3 is 5.97 Å². The van der Waals surface area contributed by atoms with Gasteiger partial charge in [0.1, 0.15) is 12.0 Å². The Morgan fingerprint density at radius 1 is 1.43 bits per heavy atom. The largest absolute Gasteiger partial charge is 0.468 e. The van der Waals surface area contributed by atoms with Gasteiger partial charge in [-0.15, -0.1) is 0 Å². The maximum absolute atomic E-state index is 12.2. The molecule has 12 heteroatoms. The quantitative estimate of drug-likeness (QED) is 0.474. The van der Waals surface area contributed by atoms with E-state index in [0.29, 0.717) is 23.3 Å². The number of sulfonamides is 1. The summed E-state index contributed by atoms with van der Waals surface area (Å²) in [5.74, 6) is -1.67. The number of nitriles is 1. The zero-order valence-electron chi connectivity index (χ0n) is 16.5. The molecule has 158 valence electrons. The summed E-state index contributed by atoms with van der Waals surface area (Å²) in [4.78, 5) is 22.9. The third-order valence-corrected chi connectivity index (χ3v) is 6.12. The molecule has 3 heterocycles. The monoisotopic (exact) mass is 431 g/mol. The fraction of sp³-hybridized carbons (Fsp3) is 0.389. The van der Waals surface area contributed by atoms with Crippen molar-refractivity contribution in [2.24, 2.45) is 0 Å². The Morgan fingerprint density at radius 2 is 2.23 bits per heavy atom. The van der Waals surface area contributed by atoms with E-state index in [1.54, 1.807) is 23.3 Å². The summed E-state index contributed by atoms with van der Waals surface area (Å²) in [6, 6.07) is 3.96. The molecule has 0 fully saturated rings. The number of hydrogen-bond donors (Lipinski definition) is 2. The second-order valence-corrected chi connectivity index (χ2v) is 8.51. The number of aromatic amines is 1. The smallest absolute Gasteiger partial charge is 0.322 e. The number of rotatable bonds is 9. The second kappa shape index (κ2) is 8.60. The molecule has 0 radical (unpaired) electrons. The van der Waals surface area contributed by atoms with Crippen LogP contribution in [-0.4, -0.2) is 58.5 Å². The first-order valence-corrected chi connectivity index (χ1v) is 10.7. The highest BCUT2D eigenvalue weighted by Crippen LogP contribution is 2.29. The summed E-state index contributed by atoms with van der Waals surface area (Å²) in [5.41, 5.74) is 1.11. The minimum absolute atomic E-state index is 0.00863. The van der Waals surface area contributed by atoms with Gasteiger partial charge in [-0.3, -0.25) is 9.48 Å². The van der Waals surface area contributed by atoms with E-state index in [9.17, 15) is 18.5 Å². The fourth-order valence-corrected chi connectivity index (χ4v) is 4.12. The minimum Gasteiger partial charge on any atom is -0.468 e. The van der Waals surface area contributed by atoms with Crippen molar-refractivity contribution >= 4 is 27.0 Å². The molecule has 3 aromatic heterocycles. The van der Waals surface area contributed by atoms with Gasteiger partial charge in [0.05, 0.1) is 37.0 Å². The summed E-state index contributed by atoms with van der Waals surface area (Å²) < 4.78 is 32.8. The number of methoxy groups -OCH3 is 1. The molecular formula is C18H21N7O4S. The Balaban J connectivity index is 1.92. The Hall–Kier alpha value is -3.30. The van der Waals surface area contributed by atoms with Crippen LogP contribution < -0.4 is 4.72 Å². The molecule has 0 saturated carbocycles.